The number of ketones is 1. The van der Waals surface area contributed by atoms with Crippen LogP contribution in [-0.4, -0.2) is 18.7 Å². The van der Waals surface area contributed by atoms with Crippen molar-refractivity contribution in [3.8, 4) is 0 Å². The predicted octanol–water partition coefficient (Wildman–Crippen LogP) is 1.39. The molecule has 1 aromatic carbocycles. The van der Waals surface area contributed by atoms with Gasteiger partial charge in [-0.2, -0.15) is 0 Å². The van der Waals surface area contributed by atoms with Gasteiger partial charge in [-0.1, -0.05) is 0 Å². The molecule has 0 aliphatic heterocycles. The van der Waals surface area contributed by atoms with Crippen LogP contribution in [0.5, 0.6) is 0 Å². The van der Waals surface area contributed by atoms with Gasteiger partial charge in [0.15, 0.2) is 5.78 Å². The topological polar surface area (TPSA) is 46.2 Å². The van der Waals surface area contributed by atoms with E-state index in [0.29, 0.717) is 5.56 Å². The number of carbonyl (C=O) groups is 2. The third-order valence-electron chi connectivity index (χ3n) is 2.16. The predicted molar refractivity (Wildman–Crippen MR) is 54.0 cm³/mol. The van der Waals surface area contributed by atoms with E-state index in [1.807, 2.05) is 0 Å². The van der Waals surface area contributed by atoms with Crippen molar-refractivity contribution in [3.05, 3.63) is 35.6 Å². The van der Waals surface area contributed by atoms with E-state index in [4.69, 9.17) is 0 Å². The minimum Gasteiger partial charge on any atom is -0.359 e. The highest BCUT2D eigenvalue weighted by atomic mass is 19.1. The number of amides is 1. The summed E-state index contributed by atoms with van der Waals surface area (Å²) in [6.07, 6.45) is 0. The van der Waals surface area contributed by atoms with E-state index in [-0.39, 0.29) is 11.7 Å². The van der Waals surface area contributed by atoms with E-state index < -0.39 is 11.7 Å². The molecule has 3 nitrogen and oxygen atoms in total. The summed E-state index contributed by atoms with van der Waals surface area (Å²) in [4.78, 5) is 22.9. The molecule has 0 bridgehead atoms. The van der Waals surface area contributed by atoms with Crippen molar-refractivity contribution in [1.29, 1.82) is 0 Å². The highest BCUT2D eigenvalue weighted by molar-refractivity contribution is 6.09. The lowest BCUT2D eigenvalue weighted by atomic mass is 9.99. The summed E-state index contributed by atoms with van der Waals surface area (Å²) in [6, 6.07) is 5.14. The molecule has 1 atom stereocenters. The lowest BCUT2D eigenvalue weighted by molar-refractivity contribution is -0.122. The number of carbonyl (C=O) groups excluding carboxylic acids is 2. The summed E-state index contributed by atoms with van der Waals surface area (Å²) in [5.41, 5.74) is 0.340. The Hall–Kier alpha value is -1.71. The van der Waals surface area contributed by atoms with Crippen LogP contribution < -0.4 is 5.32 Å². The number of halogens is 1. The molecule has 4 heteroatoms. The van der Waals surface area contributed by atoms with E-state index in [1.165, 1.54) is 38.2 Å². The maximum Gasteiger partial charge on any atom is 0.230 e. The lowest BCUT2D eigenvalue weighted by Gasteiger charge is -2.08. The number of Topliss-reactive ketones (excluding diaryl/α,β-unsaturated/α-hetero) is 1. The van der Waals surface area contributed by atoms with Gasteiger partial charge in [-0.15, -0.1) is 0 Å². The molecule has 1 N–H and O–H groups in total. The summed E-state index contributed by atoms with van der Waals surface area (Å²) < 4.78 is 12.6. The minimum absolute atomic E-state index is 0.311. The molecule has 1 aromatic rings. The Labute approximate surface area is 87.3 Å². The molecule has 80 valence electrons. The van der Waals surface area contributed by atoms with Crippen LogP contribution in [0.2, 0.25) is 0 Å². The van der Waals surface area contributed by atoms with Crippen molar-refractivity contribution in [1.82, 2.24) is 5.32 Å². The van der Waals surface area contributed by atoms with Crippen molar-refractivity contribution in [3.63, 3.8) is 0 Å². The van der Waals surface area contributed by atoms with E-state index >= 15 is 0 Å². The second kappa shape index (κ2) is 4.68. The second-order valence-electron chi connectivity index (χ2n) is 3.21. The van der Waals surface area contributed by atoms with Crippen LogP contribution in [-0.2, 0) is 4.79 Å². The Morgan fingerprint density at radius 1 is 1.27 bits per heavy atom. The third kappa shape index (κ3) is 2.62. The Morgan fingerprint density at radius 2 is 1.80 bits per heavy atom. The molecule has 0 aliphatic rings. The summed E-state index contributed by atoms with van der Waals surface area (Å²) in [7, 11) is 1.47. The van der Waals surface area contributed by atoms with Crippen molar-refractivity contribution < 1.29 is 14.0 Å². The van der Waals surface area contributed by atoms with Crippen LogP contribution in [0.4, 0.5) is 4.39 Å². The zero-order chi connectivity index (χ0) is 11.4. The lowest BCUT2D eigenvalue weighted by Crippen LogP contribution is -2.30. The first-order valence-electron chi connectivity index (χ1n) is 4.57. The van der Waals surface area contributed by atoms with E-state index in [0.717, 1.165) is 0 Å². The van der Waals surface area contributed by atoms with Crippen molar-refractivity contribution in [2.75, 3.05) is 7.05 Å². The van der Waals surface area contributed by atoms with E-state index in [2.05, 4.69) is 5.32 Å². The zero-order valence-electron chi connectivity index (χ0n) is 8.58. The van der Waals surface area contributed by atoms with Gasteiger partial charge in [0.25, 0.3) is 0 Å². The standard InChI is InChI=1S/C11H12FNO2/c1-7(11(15)13-2)10(14)8-3-5-9(12)6-4-8/h3-7H,1-2H3,(H,13,15). The van der Waals surface area contributed by atoms with Crippen molar-refractivity contribution >= 4 is 11.7 Å². The smallest absolute Gasteiger partial charge is 0.230 e. The first kappa shape index (κ1) is 11.4. The number of hydrogen-bond donors (Lipinski definition) is 1. The molecule has 0 saturated heterocycles. The number of nitrogens with one attached hydrogen (secondary N) is 1. The third-order valence-corrected chi connectivity index (χ3v) is 2.16. The second-order valence-corrected chi connectivity index (χ2v) is 3.21. The van der Waals surface area contributed by atoms with Crippen LogP contribution in [0, 0.1) is 11.7 Å². The maximum atomic E-state index is 12.6. The molecular weight excluding hydrogens is 197 g/mol. The van der Waals surface area contributed by atoms with E-state index in [9.17, 15) is 14.0 Å². The summed E-state index contributed by atoms with van der Waals surface area (Å²) in [5.74, 6) is -1.81. The molecule has 0 fully saturated rings. The minimum atomic E-state index is -0.750. The fourth-order valence-electron chi connectivity index (χ4n) is 1.20. The molecule has 1 amide bonds. The number of hydrogen-bond acceptors (Lipinski definition) is 2. The molecule has 1 rings (SSSR count). The largest absolute Gasteiger partial charge is 0.359 e. The van der Waals surface area contributed by atoms with Crippen molar-refractivity contribution in [2.24, 2.45) is 5.92 Å². The van der Waals surface area contributed by atoms with Gasteiger partial charge in [-0.3, -0.25) is 9.59 Å². The quantitative estimate of drug-likeness (QED) is 0.604. The van der Waals surface area contributed by atoms with Gasteiger partial charge in [0, 0.05) is 12.6 Å². The average Bonchev–Trinajstić information content (AvgIpc) is 2.27. The first-order valence-corrected chi connectivity index (χ1v) is 4.57. The molecule has 15 heavy (non-hydrogen) atoms. The molecule has 0 aliphatic carbocycles. The molecular formula is C11H12FNO2. The number of benzene rings is 1. The molecule has 1 unspecified atom stereocenters. The van der Waals surface area contributed by atoms with Crippen molar-refractivity contribution in [2.45, 2.75) is 6.92 Å². The maximum absolute atomic E-state index is 12.6. The number of rotatable bonds is 3. The SMILES string of the molecule is CNC(=O)C(C)C(=O)c1ccc(F)cc1. The molecule has 0 spiro atoms. The van der Waals surface area contributed by atoms with Gasteiger partial charge < -0.3 is 5.32 Å². The molecule has 0 radical (unpaired) electrons. The Kier molecular flexibility index (Phi) is 3.55. The van der Waals surface area contributed by atoms with Gasteiger partial charge in [-0.05, 0) is 31.2 Å². The monoisotopic (exact) mass is 209 g/mol. The van der Waals surface area contributed by atoms with Crippen LogP contribution in [0.1, 0.15) is 17.3 Å². The van der Waals surface area contributed by atoms with Crippen LogP contribution in [0.3, 0.4) is 0 Å². The fraction of sp³-hybridized carbons (Fsp3) is 0.273. The Morgan fingerprint density at radius 3 is 2.27 bits per heavy atom. The Balaban J connectivity index is 2.85. The highest BCUT2D eigenvalue weighted by Gasteiger charge is 2.21. The van der Waals surface area contributed by atoms with Crippen LogP contribution in [0.25, 0.3) is 0 Å². The summed E-state index contributed by atoms with van der Waals surface area (Å²) >= 11 is 0. The fourth-order valence-corrected chi connectivity index (χ4v) is 1.20. The van der Waals surface area contributed by atoms with Gasteiger partial charge in [0.2, 0.25) is 5.91 Å². The van der Waals surface area contributed by atoms with E-state index in [1.54, 1.807) is 0 Å². The van der Waals surface area contributed by atoms with Gasteiger partial charge in [0.05, 0.1) is 5.92 Å². The summed E-state index contributed by atoms with van der Waals surface area (Å²) in [5, 5.41) is 2.39. The summed E-state index contributed by atoms with van der Waals surface area (Å²) in [6.45, 7) is 1.52. The van der Waals surface area contributed by atoms with Crippen LogP contribution in [0.15, 0.2) is 24.3 Å². The average molecular weight is 209 g/mol. The van der Waals surface area contributed by atoms with Crippen LogP contribution >= 0.6 is 0 Å². The van der Waals surface area contributed by atoms with Gasteiger partial charge >= 0.3 is 0 Å². The Bertz CT molecular complexity index is 373. The van der Waals surface area contributed by atoms with Gasteiger partial charge in [0.1, 0.15) is 5.82 Å². The zero-order valence-corrected chi connectivity index (χ0v) is 8.58. The first-order chi connectivity index (χ1) is 7.06. The van der Waals surface area contributed by atoms with Gasteiger partial charge in [-0.25, -0.2) is 4.39 Å². The normalized spacial score (nSPS) is 11.9. The highest BCUT2D eigenvalue weighted by Crippen LogP contribution is 2.09. The molecule has 0 aromatic heterocycles. The molecule has 0 saturated carbocycles. The molecule has 0 heterocycles.